The number of hydrogen-bond acceptors (Lipinski definition) is 1. The van der Waals surface area contributed by atoms with Crippen LogP contribution in [-0.2, 0) is 5.41 Å². The highest BCUT2D eigenvalue weighted by molar-refractivity contribution is 6.10. The number of nitrogens with zero attached hydrogens (tertiary/aromatic N) is 2. The van der Waals surface area contributed by atoms with Gasteiger partial charge in [-0.15, -0.1) is 0 Å². The Labute approximate surface area is 275 Å². The number of para-hydroxylation sites is 2. The smallest absolute Gasteiger partial charge is 0.0542 e. The van der Waals surface area contributed by atoms with Crippen molar-refractivity contribution >= 4 is 38.9 Å². The zero-order chi connectivity index (χ0) is 31.5. The molecule has 2 nitrogen and oxygen atoms in total. The van der Waals surface area contributed by atoms with Crippen molar-refractivity contribution in [1.82, 2.24) is 4.57 Å². The number of benzene rings is 7. The minimum Gasteiger partial charge on any atom is -0.310 e. The van der Waals surface area contributed by atoms with Crippen LogP contribution < -0.4 is 4.90 Å². The van der Waals surface area contributed by atoms with E-state index in [4.69, 9.17) is 0 Å². The van der Waals surface area contributed by atoms with Gasteiger partial charge in [0.2, 0.25) is 0 Å². The van der Waals surface area contributed by atoms with Crippen LogP contribution in [0.5, 0.6) is 0 Å². The highest BCUT2D eigenvalue weighted by Gasteiger charge is 2.35. The molecule has 2 heteroatoms. The van der Waals surface area contributed by atoms with Crippen molar-refractivity contribution in [3.8, 4) is 27.9 Å². The molecule has 0 saturated carbocycles. The van der Waals surface area contributed by atoms with Gasteiger partial charge in [0.05, 0.1) is 11.0 Å². The Morgan fingerprint density at radius 3 is 1.89 bits per heavy atom. The van der Waals surface area contributed by atoms with Crippen LogP contribution >= 0.6 is 0 Å². The molecule has 1 aliphatic rings. The number of aromatic nitrogens is 1. The van der Waals surface area contributed by atoms with Crippen molar-refractivity contribution in [2.45, 2.75) is 19.3 Å². The number of rotatable bonds is 5. The van der Waals surface area contributed by atoms with Crippen molar-refractivity contribution in [3.63, 3.8) is 0 Å². The first-order chi connectivity index (χ1) is 23.1. The third kappa shape index (κ3) is 4.33. The second-order valence-corrected chi connectivity index (χ2v) is 13.0. The first-order valence-electron chi connectivity index (χ1n) is 16.4. The number of hydrogen-bond donors (Lipinski definition) is 0. The van der Waals surface area contributed by atoms with Gasteiger partial charge in [0.25, 0.3) is 0 Å². The van der Waals surface area contributed by atoms with Gasteiger partial charge in [0.1, 0.15) is 0 Å². The number of fused-ring (bicyclic) bond motifs is 6. The van der Waals surface area contributed by atoms with Crippen LogP contribution in [0, 0.1) is 0 Å². The minimum atomic E-state index is -0.0907. The molecule has 1 heterocycles. The molecule has 0 N–H and O–H groups in total. The van der Waals surface area contributed by atoms with Crippen LogP contribution in [0.15, 0.2) is 170 Å². The molecule has 1 aliphatic carbocycles. The second-order valence-electron chi connectivity index (χ2n) is 13.0. The highest BCUT2D eigenvalue weighted by atomic mass is 15.1. The van der Waals surface area contributed by atoms with Gasteiger partial charge in [-0.1, -0.05) is 123 Å². The molecular weight excluding hydrogens is 569 g/mol. The van der Waals surface area contributed by atoms with E-state index in [9.17, 15) is 0 Å². The van der Waals surface area contributed by atoms with Gasteiger partial charge >= 0.3 is 0 Å². The van der Waals surface area contributed by atoms with E-state index in [0.29, 0.717) is 0 Å². The second kappa shape index (κ2) is 10.6. The molecule has 0 fully saturated rings. The van der Waals surface area contributed by atoms with Gasteiger partial charge in [-0.2, -0.15) is 0 Å². The van der Waals surface area contributed by atoms with Crippen LogP contribution in [0.3, 0.4) is 0 Å². The molecule has 8 aromatic rings. The van der Waals surface area contributed by atoms with Crippen LogP contribution in [-0.4, -0.2) is 4.57 Å². The van der Waals surface area contributed by atoms with E-state index in [1.54, 1.807) is 0 Å². The Kier molecular flexibility index (Phi) is 6.20. The van der Waals surface area contributed by atoms with Crippen molar-refractivity contribution in [2.24, 2.45) is 0 Å². The van der Waals surface area contributed by atoms with Gasteiger partial charge in [0, 0.05) is 38.9 Å². The van der Waals surface area contributed by atoms with Crippen molar-refractivity contribution in [1.29, 1.82) is 0 Å². The van der Waals surface area contributed by atoms with Gasteiger partial charge in [-0.3, -0.25) is 0 Å². The first kappa shape index (κ1) is 27.5. The molecule has 47 heavy (non-hydrogen) atoms. The molecule has 0 unspecified atom stereocenters. The lowest BCUT2D eigenvalue weighted by Crippen LogP contribution is -2.16. The molecule has 0 saturated heterocycles. The summed E-state index contributed by atoms with van der Waals surface area (Å²) < 4.78 is 2.38. The van der Waals surface area contributed by atoms with Gasteiger partial charge in [-0.25, -0.2) is 0 Å². The van der Waals surface area contributed by atoms with Crippen LogP contribution in [0.4, 0.5) is 17.1 Å². The zero-order valence-corrected chi connectivity index (χ0v) is 26.6. The summed E-state index contributed by atoms with van der Waals surface area (Å²) in [4.78, 5) is 2.43. The standard InChI is InChI=1S/C45H34N2/c1-45(2)41-22-11-9-20-37(41)38-26-24-36(30-42(38)45)46(34-19-13-16-32(28-34)31-14-5-3-6-15-31)35-25-27-44-40(29-35)39-21-10-12-23-43(39)47(44)33-17-7-4-8-18-33/h3-30H,1-2H3. The van der Waals surface area contributed by atoms with Gasteiger partial charge in [0.15, 0.2) is 0 Å². The lowest BCUT2D eigenvalue weighted by Gasteiger charge is -2.28. The van der Waals surface area contributed by atoms with E-state index < -0.39 is 0 Å². The lowest BCUT2D eigenvalue weighted by molar-refractivity contribution is 0.660. The molecule has 0 spiro atoms. The fraction of sp³-hybridized carbons (Fsp3) is 0.0667. The summed E-state index contributed by atoms with van der Waals surface area (Å²) in [7, 11) is 0. The Morgan fingerprint density at radius 2 is 1.04 bits per heavy atom. The van der Waals surface area contributed by atoms with E-state index in [0.717, 1.165) is 17.1 Å². The summed E-state index contributed by atoms with van der Waals surface area (Å²) in [6.07, 6.45) is 0. The molecule has 224 valence electrons. The Bertz CT molecular complexity index is 2430. The van der Waals surface area contributed by atoms with Crippen LogP contribution in [0.25, 0.3) is 49.7 Å². The lowest BCUT2D eigenvalue weighted by atomic mass is 9.82. The van der Waals surface area contributed by atoms with Crippen LogP contribution in [0.2, 0.25) is 0 Å². The molecule has 0 bridgehead atoms. The molecule has 0 radical (unpaired) electrons. The summed E-state index contributed by atoms with van der Waals surface area (Å²) in [5.41, 5.74) is 14.7. The van der Waals surface area contributed by atoms with E-state index in [1.807, 2.05) is 0 Å². The third-order valence-corrected chi connectivity index (χ3v) is 9.97. The zero-order valence-electron chi connectivity index (χ0n) is 26.6. The Balaban J connectivity index is 1.28. The molecule has 0 amide bonds. The predicted octanol–water partition coefficient (Wildman–Crippen LogP) is 12.2. The minimum absolute atomic E-state index is 0.0907. The summed E-state index contributed by atoms with van der Waals surface area (Å²) in [6, 6.07) is 61.9. The highest BCUT2D eigenvalue weighted by Crippen LogP contribution is 2.51. The fourth-order valence-electron chi connectivity index (χ4n) is 7.69. The normalized spacial score (nSPS) is 13.1. The van der Waals surface area contributed by atoms with E-state index in [2.05, 4.69) is 193 Å². The maximum Gasteiger partial charge on any atom is 0.0542 e. The topological polar surface area (TPSA) is 8.17 Å². The molecule has 1 aromatic heterocycles. The van der Waals surface area contributed by atoms with Gasteiger partial charge in [-0.05, 0) is 94.0 Å². The van der Waals surface area contributed by atoms with E-state index in [-0.39, 0.29) is 5.41 Å². The third-order valence-electron chi connectivity index (χ3n) is 9.97. The maximum absolute atomic E-state index is 2.43. The average Bonchev–Trinajstić information content (AvgIpc) is 3.57. The van der Waals surface area contributed by atoms with Crippen molar-refractivity contribution < 1.29 is 0 Å². The Hall–Kier alpha value is -5.86. The summed E-state index contributed by atoms with van der Waals surface area (Å²) in [5, 5.41) is 2.48. The van der Waals surface area contributed by atoms with E-state index in [1.165, 1.54) is 60.9 Å². The monoisotopic (exact) mass is 602 g/mol. The van der Waals surface area contributed by atoms with E-state index >= 15 is 0 Å². The quantitative estimate of drug-likeness (QED) is 0.190. The van der Waals surface area contributed by atoms with Crippen molar-refractivity contribution in [2.75, 3.05) is 4.90 Å². The number of anilines is 3. The van der Waals surface area contributed by atoms with Crippen molar-refractivity contribution in [3.05, 3.63) is 181 Å². The molecule has 0 aliphatic heterocycles. The largest absolute Gasteiger partial charge is 0.310 e. The Morgan fingerprint density at radius 1 is 0.426 bits per heavy atom. The van der Waals surface area contributed by atoms with Crippen LogP contribution in [0.1, 0.15) is 25.0 Å². The SMILES string of the molecule is CC1(C)c2ccccc2-c2ccc(N(c3cccc(-c4ccccc4)c3)c3ccc4c(c3)c3ccccc3n4-c3ccccc3)cc21. The molecule has 7 aromatic carbocycles. The average molecular weight is 603 g/mol. The maximum atomic E-state index is 2.43. The van der Waals surface area contributed by atoms with Gasteiger partial charge < -0.3 is 9.47 Å². The first-order valence-corrected chi connectivity index (χ1v) is 16.4. The molecule has 9 rings (SSSR count). The summed E-state index contributed by atoms with van der Waals surface area (Å²) in [5.74, 6) is 0. The summed E-state index contributed by atoms with van der Waals surface area (Å²) in [6.45, 7) is 4.71. The fourth-order valence-corrected chi connectivity index (χ4v) is 7.69. The molecule has 0 atom stereocenters. The predicted molar refractivity (Wildman–Crippen MR) is 198 cm³/mol. The summed E-state index contributed by atoms with van der Waals surface area (Å²) >= 11 is 0. The molecular formula is C45H34N2.